The molecule has 1 rings (SSSR count). The van der Waals surface area contributed by atoms with Crippen LogP contribution in [-0.2, 0) is 47.7 Å². The largest absolute Gasteiger partial charge is 0.466 e. The number of ether oxygens (including phenoxy) is 5. The number of rotatable bonds is 13. The number of nitrogens with zero attached hydrogens (tertiary/aromatic N) is 1. The third-order valence-electron chi connectivity index (χ3n) is 4.56. The molecule has 36 heavy (non-hydrogen) atoms. The summed E-state index contributed by atoms with van der Waals surface area (Å²) in [6.45, 7) is 5.19. The molecule has 0 radical (unpaired) electrons. The van der Waals surface area contributed by atoms with Crippen LogP contribution in [0.1, 0.15) is 52.1 Å². The monoisotopic (exact) mass is 515 g/mol. The van der Waals surface area contributed by atoms with Gasteiger partial charge in [-0.25, -0.2) is 0 Å². The van der Waals surface area contributed by atoms with E-state index in [9.17, 15) is 34.1 Å². The van der Waals surface area contributed by atoms with Gasteiger partial charge in [-0.3, -0.25) is 34.1 Å². The van der Waals surface area contributed by atoms with E-state index in [1.54, 1.807) is 6.92 Å². The van der Waals surface area contributed by atoms with Gasteiger partial charge in [0.2, 0.25) is 6.54 Å². The molecule has 0 spiro atoms. The lowest BCUT2D eigenvalue weighted by molar-refractivity contribution is -0.486. The highest BCUT2D eigenvalue weighted by atomic mass is 16.6. The molecule has 200 valence electrons. The Morgan fingerprint density at radius 1 is 0.806 bits per heavy atom. The number of aryl methyl sites for hydroxylation is 1. The lowest BCUT2D eigenvalue weighted by atomic mass is 9.90. The molecule has 0 aromatic carbocycles. The molecule has 0 aliphatic rings. The van der Waals surface area contributed by atoms with Crippen molar-refractivity contribution >= 4 is 29.8 Å². The van der Waals surface area contributed by atoms with Crippen molar-refractivity contribution in [1.29, 1.82) is 0 Å². The summed E-state index contributed by atoms with van der Waals surface area (Å²) in [6, 6.07) is 2.92. The second-order valence-corrected chi connectivity index (χ2v) is 7.74. The molecule has 0 aliphatic heterocycles. The van der Waals surface area contributed by atoms with Gasteiger partial charge in [0.1, 0.15) is 24.0 Å². The van der Waals surface area contributed by atoms with Gasteiger partial charge in [0.25, 0.3) is 0 Å². The molecular formula is C22H29NO13. The quantitative estimate of drug-likeness (QED) is 0.158. The molecule has 0 bridgehead atoms. The van der Waals surface area contributed by atoms with Crippen LogP contribution in [0.15, 0.2) is 16.5 Å². The standard InChI is InChI=1S/C22H29NO13/c1-11-7-8-18(32-11)17(9-23(29)30)20(34-14(4)26)22(36-16(6)28)21(35-15(5)27)19(33-13(3)25)10-31-12(2)24/h7-8,17,19-22H,9-10H2,1-6H3/t17-,19+,20+,21+,22+/m0/s1. The Bertz CT molecular complexity index is 969. The number of carbonyl (C=O) groups excluding carboxylic acids is 5. The Balaban J connectivity index is 3.76. The predicted molar refractivity (Wildman–Crippen MR) is 117 cm³/mol. The first-order valence-corrected chi connectivity index (χ1v) is 10.7. The zero-order chi connectivity index (χ0) is 27.6. The van der Waals surface area contributed by atoms with Crippen LogP contribution in [0, 0.1) is 17.0 Å². The molecule has 0 amide bonds. The van der Waals surface area contributed by atoms with E-state index in [4.69, 9.17) is 28.1 Å². The smallest absolute Gasteiger partial charge is 0.303 e. The Morgan fingerprint density at radius 3 is 1.72 bits per heavy atom. The van der Waals surface area contributed by atoms with E-state index in [-0.39, 0.29) is 5.76 Å². The van der Waals surface area contributed by atoms with Gasteiger partial charge in [-0.15, -0.1) is 0 Å². The third kappa shape index (κ3) is 10.1. The highest BCUT2D eigenvalue weighted by Gasteiger charge is 2.49. The van der Waals surface area contributed by atoms with E-state index in [1.807, 2.05) is 0 Å². The van der Waals surface area contributed by atoms with Crippen molar-refractivity contribution in [1.82, 2.24) is 0 Å². The zero-order valence-corrected chi connectivity index (χ0v) is 20.7. The molecule has 5 atom stereocenters. The number of hydrogen-bond acceptors (Lipinski definition) is 13. The number of carbonyl (C=O) groups is 5. The van der Waals surface area contributed by atoms with Gasteiger partial charge in [0, 0.05) is 39.5 Å². The molecule has 0 aliphatic carbocycles. The topological polar surface area (TPSA) is 188 Å². The second-order valence-electron chi connectivity index (χ2n) is 7.74. The van der Waals surface area contributed by atoms with Gasteiger partial charge >= 0.3 is 29.8 Å². The second kappa shape index (κ2) is 13.8. The summed E-state index contributed by atoms with van der Waals surface area (Å²) in [6.07, 6.45) is -6.69. The number of furan rings is 1. The van der Waals surface area contributed by atoms with Gasteiger partial charge in [0.15, 0.2) is 24.4 Å². The Morgan fingerprint density at radius 2 is 1.31 bits per heavy atom. The molecular weight excluding hydrogens is 486 g/mol. The zero-order valence-electron chi connectivity index (χ0n) is 20.7. The fourth-order valence-electron chi connectivity index (χ4n) is 3.41. The molecule has 0 saturated carbocycles. The van der Waals surface area contributed by atoms with Gasteiger partial charge in [0.05, 0.1) is 0 Å². The van der Waals surface area contributed by atoms with E-state index in [2.05, 4.69) is 0 Å². The van der Waals surface area contributed by atoms with Crippen LogP contribution in [0.25, 0.3) is 0 Å². The average Bonchev–Trinajstić information content (AvgIpc) is 3.15. The van der Waals surface area contributed by atoms with Crippen molar-refractivity contribution in [2.75, 3.05) is 13.2 Å². The van der Waals surface area contributed by atoms with E-state index in [1.165, 1.54) is 12.1 Å². The molecule has 0 unspecified atom stereocenters. The van der Waals surface area contributed by atoms with Gasteiger partial charge in [-0.1, -0.05) is 0 Å². The lowest BCUT2D eigenvalue weighted by Gasteiger charge is -2.37. The fourth-order valence-corrected chi connectivity index (χ4v) is 3.41. The van der Waals surface area contributed by atoms with Crippen molar-refractivity contribution in [2.45, 2.75) is 71.9 Å². The first-order chi connectivity index (χ1) is 16.7. The summed E-state index contributed by atoms with van der Waals surface area (Å²) in [7, 11) is 0. The van der Waals surface area contributed by atoms with E-state index in [0.29, 0.717) is 5.76 Å². The van der Waals surface area contributed by atoms with Crippen molar-refractivity contribution in [3.63, 3.8) is 0 Å². The first kappa shape index (κ1) is 30.1. The highest BCUT2D eigenvalue weighted by molar-refractivity contribution is 5.69. The molecule has 1 aromatic heterocycles. The van der Waals surface area contributed by atoms with Crippen molar-refractivity contribution in [2.24, 2.45) is 0 Å². The lowest BCUT2D eigenvalue weighted by Crippen LogP contribution is -2.55. The van der Waals surface area contributed by atoms with E-state index in [0.717, 1.165) is 34.6 Å². The SMILES string of the molecule is CC(=O)OC[C@@H](OC(C)=O)[C@@H](OC(C)=O)[C@H](OC(C)=O)[C@H](OC(C)=O)[C@@H](C[N+](=O)[O-])c1ccc(C)o1. The maximum atomic E-state index is 12.1. The summed E-state index contributed by atoms with van der Waals surface area (Å²) in [4.78, 5) is 70.1. The maximum absolute atomic E-state index is 12.1. The number of nitro groups is 1. The predicted octanol–water partition coefficient (Wildman–Crippen LogP) is 1.24. The summed E-state index contributed by atoms with van der Waals surface area (Å²) in [5.74, 6) is -5.39. The minimum absolute atomic E-state index is 0.0122. The van der Waals surface area contributed by atoms with Crippen LogP contribution in [-0.4, -0.2) is 72.3 Å². The molecule has 0 saturated heterocycles. The maximum Gasteiger partial charge on any atom is 0.303 e. The van der Waals surface area contributed by atoms with Gasteiger partial charge in [-0.2, -0.15) is 0 Å². The van der Waals surface area contributed by atoms with Crippen LogP contribution in [0.4, 0.5) is 0 Å². The Kier molecular flexibility index (Phi) is 11.5. The fraction of sp³-hybridized carbons (Fsp3) is 0.591. The average molecular weight is 515 g/mol. The van der Waals surface area contributed by atoms with Crippen LogP contribution in [0.2, 0.25) is 0 Å². The minimum atomic E-state index is -1.76. The van der Waals surface area contributed by atoms with Crippen molar-refractivity contribution < 1.29 is 57.0 Å². The molecule has 1 heterocycles. The van der Waals surface area contributed by atoms with E-state index < -0.39 is 78.3 Å². The molecule has 0 N–H and O–H groups in total. The van der Waals surface area contributed by atoms with E-state index >= 15 is 0 Å². The summed E-state index contributed by atoms with van der Waals surface area (Å²) >= 11 is 0. The highest BCUT2D eigenvalue weighted by Crippen LogP contribution is 2.31. The summed E-state index contributed by atoms with van der Waals surface area (Å²) in [5.41, 5.74) is 0. The minimum Gasteiger partial charge on any atom is -0.466 e. The van der Waals surface area contributed by atoms with Crippen molar-refractivity contribution in [3.05, 3.63) is 33.8 Å². The molecule has 14 heteroatoms. The Labute approximate surface area is 206 Å². The van der Waals surface area contributed by atoms with Crippen LogP contribution >= 0.6 is 0 Å². The van der Waals surface area contributed by atoms with Crippen LogP contribution in [0.5, 0.6) is 0 Å². The Hall–Kier alpha value is -3.97. The molecule has 1 aromatic rings. The van der Waals surface area contributed by atoms with Crippen molar-refractivity contribution in [3.8, 4) is 0 Å². The normalized spacial score (nSPS) is 14.8. The number of esters is 5. The summed E-state index contributed by atoms with van der Waals surface area (Å²) in [5, 5.41) is 11.5. The third-order valence-corrected chi connectivity index (χ3v) is 4.56. The van der Waals surface area contributed by atoms with Gasteiger partial charge in [-0.05, 0) is 19.1 Å². The first-order valence-electron chi connectivity index (χ1n) is 10.7. The van der Waals surface area contributed by atoms with Gasteiger partial charge < -0.3 is 28.1 Å². The summed E-state index contributed by atoms with van der Waals surface area (Å²) < 4.78 is 31.6. The number of hydrogen-bond donors (Lipinski definition) is 0. The molecule has 14 nitrogen and oxygen atoms in total. The molecule has 0 fully saturated rings. The van der Waals surface area contributed by atoms with Crippen LogP contribution in [0.3, 0.4) is 0 Å². The van der Waals surface area contributed by atoms with Crippen LogP contribution < -0.4 is 0 Å².